The summed E-state index contributed by atoms with van der Waals surface area (Å²) >= 11 is 6.07. The van der Waals surface area contributed by atoms with Crippen LogP contribution in [0.25, 0.3) is 16.9 Å². The number of aliphatic hydroxyl groups excluding tert-OH is 1. The molecule has 1 N–H and O–H groups in total. The van der Waals surface area contributed by atoms with Crippen molar-refractivity contribution in [2.75, 3.05) is 18.7 Å². The fourth-order valence-electron chi connectivity index (χ4n) is 4.07. The summed E-state index contributed by atoms with van der Waals surface area (Å²) in [5.74, 6) is 1.04. The molecule has 31 heavy (non-hydrogen) atoms. The molecule has 0 saturated heterocycles. The van der Waals surface area contributed by atoms with Crippen LogP contribution in [0.2, 0.25) is 5.02 Å². The Morgan fingerprint density at radius 2 is 1.81 bits per heavy atom. The Balaban J connectivity index is 1.75. The van der Waals surface area contributed by atoms with Crippen LogP contribution in [-0.2, 0) is 4.79 Å². The third-order valence-electron chi connectivity index (χ3n) is 5.79. The normalized spacial score (nSPS) is 14.4. The predicted octanol–water partition coefficient (Wildman–Crippen LogP) is 5.06. The van der Waals surface area contributed by atoms with Crippen LogP contribution in [0.5, 0.6) is 5.75 Å². The van der Waals surface area contributed by atoms with Gasteiger partial charge in [0.2, 0.25) is 5.91 Å². The molecule has 1 aliphatic rings. The summed E-state index contributed by atoms with van der Waals surface area (Å²) in [6.45, 7) is -0.408. The molecule has 4 rings (SSSR count). The predicted molar refractivity (Wildman–Crippen MR) is 122 cm³/mol. The van der Waals surface area contributed by atoms with E-state index in [0.29, 0.717) is 10.8 Å². The molecule has 162 valence electrons. The Labute approximate surface area is 187 Å². The molecule has 0 spiro atoms. The maximum atomic E-state index is 13.1. The molecule has 1 amide bonds. The van der Waals surface area contributed by atoms with Crippen LogP contribution >= 0.6 is 11.6 Å². The summed E-state index contributed by atoms with van der Waals surface area (Å²) in [4.78, 5) is 14.5. The fraction of sp³-hybridized carbons (Fsp3) is 0.333. The Bertz CT molecular complexity index is 1030. The number of halogens is 1. The number of anilines is 1. The number of ether oxygens (including phenoxy) is 1. The minimum absolute atomic E-state index is 0.0639. The highest BCUT2D eigenvalue weighted by molar-refractivity contribution is 6.30. The van der Waals surface area contributed by atoms with E-state index >= 15 is 0 Å². The summed E-state index contributed by atoms with van der Waals surface area (Å²) in [7, 11) is 1.62. The van der Waals surface area contributed by atoms with E-state index in [9.17, 15) is 9.90 Å². The number of benzene rings is 2. The lowest BCUT2D eigenvalue weighted by atomic mass is 9.88. The van der Waals surface area contributed by atoms with Gasteiger partial charge in [-0.25, -0.2) is 4.68 Å². The molecule has 0 atom stereocenters. The topological polar surface area (TPSA) is 67.6 Å². The summed E-state index contributed by atoms with van der Waals surface area (Å²) in [5, 5.41) is 15.4. The lowest BCUT2D eigenvalue weighted by Crippen LogP contribution is -2.38. The zero-order valence-corrected chi connectivity index (χ0v) is 18.3. The van der Waals surface area contributed by atoms with Crippen molar-refractivity contribution in [1.29, 1.82) is 0 Å². The van der Waals surface area contributed by atoms with E-state index in [1.807, 2.05) is 54.6 Å². The average Bonchev–Trinajstić information content (AvgIpc) is 3.25. The van der Waals surface area contributed by atoms with Crippen molar-refractivity contribution in [2.45, 2.75) is 32.1 Å². The second-order valence-electron chi connectivity index (χ2n) is 7.75. The van der Waals surface area contributed by atoms with Crippen LogP contribution in [0.3, 0.4) is 0 Å². The van der Waals surface area contributed by atoms with Gasteiger partial charge in [0.25, 0.3) is 0 Å². The quantitative estimate of drug-likeness (QED) is 0.545. The first-order valence-corrected chi connectivity index (χ1v) is 10.9. The Morgan fingerprint density at radius 1 is 1.13 bits per heavy atom. The first kappa shape index (κ1) is 21.4. The van der Waals surface area contributed by atoms with Gasteiger partial charge in [0, 0.05) is 22.6 Å². The molecule has 6 nitrogen and oxygen atoms in total. The van der Waals surface area contributed by atoms with Crippen molar-refractivity contribution in [3.63, 3.8) is 0 Å². The third kappa shape index (κ3) is 4.60. The second-order valence-corrected chi connectivity index (χ2v) is 8.18. The molecule has 0 aliphatic heterocycles. The monoisotopic (exact) mass is 439 g/mol. The zero-order valence-electron chi connectivity index (χ0n) is 17.5. The Kier molecular flexibility index (Phi) is 6.59. The standard InChI is InChI=1S/C24H26ClN3O3/c1-31-21-13-11-20(12-14-21)28-22(17-7-9-19(25)10-8-17)15-23(26-28)27(16-29)24(30)18-5-3-2-4-6-18/h7-15,18,29H,2-6,16H2,1H3. The van der Waals surface area contributed by atoms with Crippen LogP contribution in [-0.4, -0.2) is 34.6 Å². The highest BCUT2D eigenvalue weighted by Crippen LogP contribution is 2.32. The number of hydrogen-bond donors (Lipinski definition) is 1. The fourth-order valence-corrected chi connectivity index (χ4v) is 4.20. The SMILES string of the molecule is COc1ccc(-n2nc(N(CO)C(=O)C3CCCCC3)cc2-c2ccc(Cl)cc2)cc1. The molecule has 1 heterocycles. The number of carbonyl (C=O) groups excluding carboxylic acids is 1. The number of rotatable bonds is 6. The van der Waals surface area contributed by atoms with Gasteiger partial charge >= 0.3 is 0 Å². The van der Waals surface area contributed by atoms with Crippen LogP contribution in [0, 0.1) is 5.92 Å². The molecule has 0 unspecified atom stereocenters. The Hall–Kier alpha value is -2.83. The van der Waals surface area contributed by atoms with Crippen LogP contribution < -0.4 is 9.64 Å². The lowest BCUT2D eigenvalue weighted by molar-refractivity contribution is -0.124. The van der Waals surface area contributed by atoms with Crippen molar-refractivity contribution >= 4 is 23.3 Å². The average molecular weight is 440 g/mol. The van der Waals surface area contributed by atoms with E-state index < -0.39 is 6.73 Å². The van der Waals surface area contributed by atoms with Crippen molar-refractivity contribution in [3.05, 3.63) is 59.6 Å². The summed E-state index contributed by atoms with van der Waals surface area (Å²) in [6.07, 6.45) is 4.98. The van der Waals surface area contributed by atoms with Gasteiger partial charge in [0.1, 0.15) is 12.5 Å². The van der Waals surface area contributed by atoms with Crippen LogP contribution in [0.4, 0.5) is 5.82 Å². The van der Waals surface area contributed by atoms with E-state index in [-0.39, 0.29) is 11.8 Å². The molecule has 7 heteroatoms. The van der Waals surface area contributed by atoms with Crippen molar-refractivity contribution < 1.29 is 14.6 Å². The van der Waals surface area contributed by atoms with Gasteiger partial charge in [-0.05, 0) is 49.2 Å². The maximum absolute atomic E-state index is 13.1. The van der Waals surface area contributed by atoms with Gasteiger partial charge in [-0.1, -0.05) is 43.0 Å². The van der Waals surface area contributed by atoms with E-state index in [4.69, 9.17) is 21.4 Å². The zero-order chi connectivity index (χ0) is 21.8. The summed E-state index contributed by atoms with van der Waals surface area (Å²) < 4.78 is 7.03. The Morgan fingerprint density at radius 3 is 2.42 bits per heavy atom. The van der Waals surface area contributed by atoms with Gasteiger partial charge < -0.3 is 9.84 Å². The minimum atomic E-state index is -0.408. The van der Waals surface area contributed by atoms with Gasteiger partial charge in [-0.3, -0.25) is 9.69 Å². The van der Waals surface area contributed by atoms with Gasteiger partial charge in [0.05, 0.1) is 18.5 Å². The second kappa shape index (κ2) is 9.54. The van der Waals surface area contributed by atoms with E-state index in [2.05, 4.69) is 0 Å². The van der Waals surface area contributed by atoms with Crippen molar-refractivity contribution in [2.24, 2.45) is 5.92 Å². The largest absolute Gasteiger partial charge is 0.497 e. The van der Waals surface area contributed by atoms with Gasteiger partial charge in [-0.2, -0.15) is 0 Å². The molecule has 3 aromatic rings. The highest BCUT2D eigenvalue weighted by atomic mass is 35.5. The van der Waals surface area contributed by atoms with Crippen LogP contribution in [0.15, 0.2) is 54.6 Å². The highest BCUT2D eigenvalue weighted by Gasteiger charge is 2.28. The molecule has 2 aromatic carbocycles. The van der Waals surface area contributed by atoms with E-state index in [0.717, 1.165) is 54.8 Å². The smallest absolute Gasteiger partial charge is 0.233 e. The number of carbonyl (C=O) groups is 1. The summed E-state index contributed by atoms with van der Waals surface area (Å²) in [5.41, 5.74) is 2.52. The number of amides is 1. The number of aliphatic hydroxyl groups is 1. The molecule has 1 fully saturated rings. The molecular formula is C24H26ClN3O3. The summed E-state index contributed by atoms with van der Waals surface area (Å²) in [6, 6.07) is 16.8. The molecular weight excluding hydrogens is 414 g/mol. The number of aromatic nitrogens is 2. The number of methoxy groups -OCH3 is 1. The van der Waals surface area contributed by atoms with Gasteiger partial charge in [0.15, 0.2) is 5.82 Å². The van der Waals surface area contributed by atoms with Gasteiger partial charge in [-0.15, -0.1) is 5.10 Å². The van der Waals surface area contributed by atoms with E-state index in [1.54, 1.807) is 11.8 Å². The van der Waals surface area contributed by atoms with Crippen molar-refractivity contribution in [1.82, 2.24) is 9.78 Å². The first-order chi connectivity index (χ1) is 15.1. The lowest BCUT2D eigenvalue weighted by Gasteiger charge is -2.26. The molecule has 1 aromatic heterocycles. The van der Waals surface area contributed by atoms with E-state index in [1.165, 1.54) is 4.90 Å². The first-order valence-electron chi connectivity index (χ1n) is 10.5. The third-order valence-corrected chi connectivity index (χ3v) is 6.04. The number of hydrogen-bond acceptors (Lipinski definition) is 4. The number of nitrogens with zero attached hydrogens (tertiary/aromatic N) is 3. The minimum Gasteiger partial charge on any atom is -0.497 e. The van der Waals surface area contributed by atoms with Crippen molar-refractivity contribution in [3.8, 4) is 22.7 Å². The molecule has 0 radical (unpaired) electrons. The maximum Gasteiger partial charge on any atom is 0.233 e. The van der Waals surface area contributed by atoms with Crippen LogP contribution in [0.1, 0.15) is 32.1 Å². The molecule has 1 saturated carbocycles. The molecule has 0 bridgehead atoms. The molecule has 1 aliphatic carbocycles.